The fraction of sp³-hybridized carbons (Fsp3) is 0.250. The summed E-state index contributed by atoms with van der Waals surface area (Å²) < 4.78 is 28.3. The summed E-state index contributed by atoms with van der Waals surface area (Å²) in [4.78, 5) is 4.21. The molecule has 0 aliphatic heterocycles. The predicted molar refractivity (Wildman–Crippen MR) is 62.0 cm³/mol. The summed E-state index contributed by atoms with van der Waals surface area (Å²) in [6.07, 6.45) is 1.79. The lowest BCUT2D eigenvalue weighted by Crippen LogP contribution is -2.05. The fourth-order valence-electron chi connectivity index (χ4n) is 1.71. The van der Waals surface area contributed by atoms with Gasteiger partial charge in [-0.05, 0) is 25.1 Å². The molecule has 2 rings (SSSR count). The number of rotatable bonds is 3. The molecule has 0 saturated heterocycles. The lowest BCUT2D eigenvalue weighted by molar-refractivity contribution is 0.577. The number of hydrogen-bond acceptors (Lipinski definition) is 2. The summed E-state index contributed by atoms with van der Waals surface area (Å²) in [5.74, 6) is -0.227. The summed E-state index contributed by atoms with van der Waals surface area (Å²) in [6.45, 7) is 2.10. The lowest BCUT2D eigenvalue weighted by atomic mass is 10.2. The number of anilines is 1. The van der Waals surface area contributed by atoms with Gasteiger partial charge in [0.05, 0.1) is 12.2 Å². The predicted octanol–water partition coefficient (Wildman–Crippen LogP) is 2.56. The van der Waals surface area contributed by atoms with E-state index in [0.717, 1.165) is 17.8 Å². The van der Waals surface area contributed by atoms with Crippen molar-refractivity contribution >= 4 is 5.95 Å². The first-order chi connectivity index (χ1) is 8.10. The van der Waals surface area contributed by atoms with Crippen molar-refractivity contribution in [3.8, 4) is 0 Å². The average molecular weight is 237 g/mol. The van der Waals surface area contributed by atoms with Crippen LogP contribution in [0.4, 0.5) is 14.7 Å². The van der Waals surface area contributed by atoms with Crippen molar-refractivity contribution in [2.75, 3.05) is 12.4 Å². The number of benzene rings is 1. The Morgan fingerprint density at radius 1 is 1.35 bits per heavy atom. The van der Waals surface area contributed by atoms with Gasteiger partial charge in [-0.2, -0.15) is 0 Å². The number of nitrogens with zero attached hydrogens (tertiary/aromatic N) is 2. The molecule has 0 bridgehead atoms. The molecule has 0 aliphatic rings. The maximum atomic E-state index is 13.5. The first-order valence-electron chi connectivity index (χ1n) is 5.25. The van der Waals surface area contributed by atoms with Crippen LogP contribution in [0, 0.1) is 18.6 Å². The summed E-state index contributed by atoms with van der Waals surface area (Å²) in [7, 11) is 1.74. The lowest BCUT2D eigenvalue weighted by Gasteiger charge is -2.08. The first kappa shape index (κ1) is 11.6. The molecule has 0 spiro atoms. The van der Waals surface area contributed by atoms with Crippen LogP contribution in [0.15, 0.2) is 24.4 Å². The maximum absolute atomic E-state index is 13.5. The van der Waals surface area contributed by atoms with Crippen molar-refractivity contribution in [2.45, 2.75) is 13.5 Å². The third-order valence-corrected chi connectivity index (χ3v) is 2.47. The molecule has 0 aliphatic carbocycles. The van der Waals surface area contributed by atoms with E-state index in [0.29, 0.717) is 11.5 Å². The van der Waals surface area contributed by atoms with Crippen molar-refractivity contribution in [3.63, 3.8) is 0 Å². The SMILES string of the molecule is CNc1nc(C)cn1Cc1cc(F)ccc1F. The Bertz CT molecular complexity index is 535. The molecule has 0 fully saturated rings. The van der Waals surface area contributed by atoms with E-state index >= 15 is 0 Å². The molecule has 17 heavy (non-hydrogen) atoms. The largest absolute Gasteiger partial charge is 0.359 e. The van der Waals surface area contributed by atoms with Gasteiger partial charge in [-0.15, -0.1) is 0 Å². The zero-order valence-electron chi connectivity index (χ0n) is 9.67. The molecule has 90 valence electrons. The molecule has 0 saturated carbocycles. The van der Waals surface area contributed by atoms with Crippen LogP contribution in [-0.4, -0.2) is 16.6 Å². The third kappa shape index (κ3) is 2.43. The standard InChI is InChI=1S/C12H13F2N3/c1-8-6-17(12(15-2)16-8)7-9-5-10(13)3-4-11(9)14/h3-6H,7H2,1-2H3,(H,15,16). The number of nitrogens with one attached hydrogen (secondary N) is 1. The van der Waals surface area contributed by atoms with E-state index in [1.807, 2.05) is 6.92 Å². The molecule has 1 aromatic heterocycles. The van der Waals surface area contributed by atoms with Crippen molar-refractivity contribution in [1.82, 2.24) is 9.55 Å². The molecule has 0 atom stereocenters. The topological polar surface area (TPSA) is 29.9 Å². The Morgan fingerprint density at radius 2 is 2.12 bits per heavy atom. The van der Waals surface area contributed by atoms with E-state index in [2.05, 4.69) is 10.3 Å². The van der Waals surface area contributed by atoms with Crippen LogP contribution in [0.5, 0.6) is 0 Å². The van der Waals surface area contributed by atoms with Gasteiger partial charge in [-0.1, -0.05) is 0 Å². The highest BCUT2D eigenvalue weighted by molar-refractivity contribution is 5.30. The fourth-order valence-corrected chi connectivity index (χ4v) is 1.71. The molecular weight excluding hydrogens is 224 g/mol. The summed E-state index contributed by atoms with van der Waals surface area (Å²) in [6, 6.07) is 3.44. The van der Waals surface area contributed by atoms with Gasteiger partial charge in [0, 0.05) is 18.8 Å². The molecule has 2 aromatic rings. The minimum Gasteiger partial charge on any atom is -0.359 e. The minimum atomic E-state index is -0.441. The van der Waals surface area contributed by atoms with E-state index in [1.165, 1.54) is 6.07 Å². The van der Waals surface area contributed by atoms with E-state index in [9.17, 15) is 8.78 Å². The number of hydrogen-bond donors (Lipinski definition) is 1. The van der Waals surface area contributed by atoms with Crippen molar-refractivity contribution in [2.24, 2.45) is 0 Å². The van der Waals surface area contributed by atoms with Gasteiger partial charge < -0.3 is 9.88 Å². The van der Waals surface area contributed by atoms with Crippen LogP contribution >= 0.6 is 0 Å². The van der Waals surface area contributed by atoms with Crippen LogP contribution in [0.2, 0.25) is 0 Å². The Balaban J connectivity index is 2.33. The molecule has 1 heterocycles. The van der Waals surface area contributed by atoms with Gasteiger partial charge in [-0.25, -0.2) is 13.8 Å². The van der Waals surface area contributed by atoms with E-state index in [1.54, 1.807) is 17.8 Å². The Labute approximate surface area is 98.1 Å². The molecule has 3 nitrogen and oxygen atoms in total. The van der Waals surface area contributed by atoms with E-state index < -0.39 is 11.6 Å². The van der Waals surface area contributed by atoms with Crippen LogP contribution in [0.25, 0.3) is 0 Å². The smallest absolute Gasteiger partial charge is 0.203 e. The maximum Gasteiger partial charge on any atom is 0.203 e. The van der Waals surface area contributed by atoms with Crippen LogP contribution in [0.3, 0.4) is 0 Å². The quantitative estimate of drug-likeness (QED) is 0.889. The minimum absolute atomic E-state index is 0.251. The average Bonchev–Trinajstić information content (AvgIpc) is 2.64. The monoisotopic (exact) mass is 237 g/mol. The van der Waals surface area contributed by atoms with Crippen molar-refractivity contribution in [3.05, 3.63) is 47.3 Å². The summed E-state index contributed by atoms with van der Waals surface area (Å²) >= 11 is 0. The second kappa shape index (κ2) is 4.53. The number of aryl methyl sites for hydroxylation is 1. The molecule has 0 radical (unpaired) electrons. The molecule has 1 aromatic carbocycles. The van der Waals surface area contributed by atoms with Gasteiger partial charge in [0.25, 0.3) is 0 Å². The Morgan fingerprint density at radius 3 is 2.82 bits per heavy atom. The number of halogens is 2. The van der Waals surface area contributed by atoms with Gasteiger partial charge in [-0.3, -0.25) is 0 Å². The van der Waals surface area contributed by atoms with E-state index in [-0.39, 0.29) is 6.54 Å². The zero-order chi connectivity index (χ0) is 12.4. The number of aromatic nitrogens is 2. The molecule has 0 unspecified atom stereocenters. The third-order valence-electron chi connectivity index (χ3n) is 2.47. The first-order valence-corrected chi connectivity index (χ1v) is 5.25. The highest BCUT2D eigenvalue weighted by Crippen LogP contribution is 2.15. The van der Waals surface area contributed by atoms with Gasteiger partial charge in [0.1, 0.15) is 11.6 Å². The van der Waals surface area contributed by atoms with Gasteiger partial charge in [0.2, 0.25) is 5.95 Å². The van der Waals surface area contributed by atoms with E-state index in [4.69, 9.17) is 0 Å². The highest BCUT2D eigenvalue weighted by Gasteiger charge is 2.08. The Kier molecular flexibility index (Phi) is 3.08. The summed E-state index contributed by atoms with van der Waals surface area (Å²) in [5, 5.41) is 2.91. The van der Waals surface area contributed by atoms with Crippen LogP contribution in [0.1, 0.15) is 11.3 Å². The van der Waals surface area contributed by atoms with Gasteiger partial charge in [0.15, 0.2) is 0 Å². The summed E-state index contributed by atoms with van der Waals surface area (Å²) in [5.41, 5.74) is 1.13. The number of imidazole rings is 1. The second-order valence-corrected chi connectivity index (χ2v) is 3.82. The molecule has 0 amide bonds. The van der Waals surface area contributed by atoms with Crippen molar-refractivity contribution < 1.29 is 8.78 Å². The Hall–Kier alpha value is -1.91. The normalized spacial score (nSPS) is 10.6. The highest BCUT2D eigenvalue weighted by atomic mass is 19.1. The second-order valence-electron chi connectivity index (χ2n) is 3.82. The van der Waals surface area contributed by atoms with Crippen LogP contribution < -0.4 is 5.32 Å². The molecule has 1 N–H and O–H groups in total. The van der Waals surface area contributed by atoms with Crippen molar-refractivity contribution in [1.29, 1.82) is 0 Å². The van der Waals surface area contributed by atoms with Crippen LogP contribution in [-0.2, 0) is 6.54 Å². The van der Waals surface area contributed by atoms with Gasteiger partial charge >= 0.3 is 0 Å². The molecule has 5 heteroatoms. The zero-order valence-corrected chi connectivity index (χ0v) is 9.67. The molecular formula is C12H13F2N3.